The lowest BCUT2D eigenvalue weighted by Crippen LogP contribution is -1.84. The van der Waals surface area contributed by atoms with Gasteiger partial charge in [-0.25, -0.2) is 0 Å². The van der Waals surface area contributed by atoms with Crippen LogP contribution in [0.25, 0.3) is 63.4 Å². The molecule has 0 aliphatic heterocycles. The summed E-state index contributed by atoms with van der Waals surface area (Å²) in [6.07, 6.45) is 2.05. The highest BCUT2D eigenvalue weighted by Gasteiger charge is 2.14. The van der Waals surface area contributed by atoms with Crippen LogP contribution >= 0.6 is 11.3 Å². The monoisotopic (exact) mass is 385 g/mol. The van der Waals surface area contributed by atoms with E-state index in [1.54, 1.807) is 0 Å². The lowest BCUT2D eigenvalue weighted by molar-refractivity contribution is 1.46. The molecule has 1 nitrogen and oxygen atoms in total. The fourth-order valence-electron chi connectivity index (χ4n) is 4.77. The summed E-state index contributed by atoms with van der Waals surface area (Å²) >= 11 is 1.86. The molecule has 0 bridgehead atoms. The molecule has 7 aromatic rings. The zero-order valence-corrected chi connectivity index (χ0v) is 16.3. The third-order valence-electron chi connectivity index (χ3n) is 6.08. The Morgan fingerprint density at radius 3 is 2.07 bits per heavy atom. The minimum Gasteiger partial charge on any atom is -0.255 e. The van der Waals surface area contributed by atoms with Crippen molar-refractivity contribution in [3.63, 3.8) is 0 Å². The van der Waals surface area contributed by atoms with Crippen LogP contribution in [0.3, 0.4) is 0 Å². The molecular formula is C27H15NS. The van der Waals surface area contributed by atoms with Crippen molar-refractivity contribution >= 4 is 74.7 Å². The standard InChI is InChI=1S/C27H15NS/c1-3-7-18-16(5-1)9-11-21-20(18)13-14-23-25(21)26-22-12-10-17-6-2-4-8-19(17)27(22)29-24(26)15-28-23/h1-15H. The average Bonchev–Trinajstić information content (AvgIpc) is 3.18. The van der Waals surface area contributed by atoms with E-state index in [-0.39, 0.29) is 0 Å². The second-order valence-electron chi connectivity index (χ2n) is 7.60. The summed E-state index contributed by atoms with van der Waals surface area (Å²) in [5.41, 5.74) is 1.06. The highest BCUT2D eigenvalue weighted by molar-refractivity contribution is 7.26. The summed E-state index contributed by atoms with van der Waals surface area (Å²) < 4.78 is 2.61. The summed E-state index contributed by atoms with van der Waals surface area (Å²) in [6.45, 7) is 0. The minimum atomic E-state index is 1.06. The molecular weight excluding hydrogens is 370 g/mol. The van der Waals surface area contributed by atoms with Crippen molar-refractivity contribution < 1.29 is 0 Å². The van der Waals surface area contributed by atoms with Crippen LogP contribution in [0.2, 0.25) is 0 Å². The maximum absolute atomic E-state index is 4.83. The van der Waals surface area contributed by atoms with E-state index in [1.165, 1.54) is 57.9 Å². The first-order valence-electron chi connectivity index (χ1n) is 9.82. The Hall–Kier alpha value is -3.49. The van der Waals surface area contributed by atoms with Crippen LogP contribution in [0.4, 0.5) is 0 Å². The number of hydrogen-bond donors (Lipinski definition) is 0. The molecule has 0 aliphatic carbocycles. The third-order valence-corrected chi connectivity index (χ3v) is 7.26. The number of hydrogen-bond acceptors (Lipinski definition) is 2. The van der Waals surface area contributed by atoms with Crippen molar-refractivity contribution in [2.75, 3.05) is 0 Å². The predicted molar refractivity (Wildman–Crippen MR) is 127 cm³/mol. The number of pyridine rings is 1. The molecule has 0 N–H and O–H groups in total. The maximum atomic E-state index is 4.83. The van der Waals surface area contributed by atoms with E-state index in [9.17, 15) is 0 Å². The molecule has 0 unspecified atom stereocenters. The van der Waals surface area contributed by atoms with E-state index in [2.05, 4.69) is 84.9 Å². The molecule has 5 aromatic carbocycles. The molecule has 0 aliphatic rings. The molecule has 29 heavy (non-hydrogen) atoms. The zero-order chi connectivity index (χ0) is 18.9. The Morgan fingerprint density at radius 1 is 0.517 bits per heavy atom. The normalized spacial score (nSPS) is 12.1. The van der Waals surface area contributed by atoms with Crippen molar-refractivity contribution in [3.8, 4) is 0 Å². The van der Waals surface area contributed by atoms with Gasteiger partial charge in [-0.1, -0.05) is 78.9 Å². The molecule has 2 heteroatoms. The van der Waals surface area contributed by atoms with Gasteiger partial charge in [-0.2, -0.15) is 0 Å². The molecule has 7 rings (SSSR count). The number of rotatable bonds is 0. The first-order chi connectivity index (χ1) is 14.4. The van der Waals surface area contributed by atoms with E-state index in [1.807, 2.05) is 17.5 Å². The third kappa shape index (κ3) is 2.01. The van der Waals surface area contributed by atoms with Crippen LogP contribution in [0.5, 0.6) is 0 Å². The average molecular weight is 385 g/mol. The number of aromatic nitrogens is 1. The molecule has 2 heterocycles. The van der Waals surface area contributed by atoms with Gasteiger partial charge < -0.3 is 0 Å². The minimum absolute atomic E-state index is 1.06. The number of fused-ring (bicyclic) bond motifs is 11. The predicted octanol–water partition coefficient (Wildman–Crippen LogP) is 8.06. The van der Waals surface area contributed by atoms with Gasteiger partial charge in [0.05, 0.1) is 10.2 Å². The van der Waals surface area contributed by atoms with E-state index in [4.69, 9.17) is 4.98 Å². The van der Waals surface area contributed by atoms with Crippen molar-refractivity contribution in [1.82, 2.24) is 4.98 Å². The topological polar surface area (TPSA) is 12.9 Å². The second-order valence-corrected chi connectivity index (χ2v) is 8.66. The van der Waals surface area contributed by atoms with Gasteiger partial charge in [0.1, 0.15) is 0 Å². The second kappa shape index (κ2) is 5.53. The van der Waals surface area contributed by atoms with Gasteiger partial charge in [-0.3, -0.25) is 4.98 Å². The quantitative estimate of drug-likeness (QED) is 0.241. The molecule has 134 valence electrons. The summed E-state index contributed by atoms with van der Waals surface area (Å²) in [4.78, 5) is 4.83. The lowest BCUT2D eigenvalue weighted by atomic mass is 9.96. The van der Waals surface area contributed by atoms with Crippen LogP contribution in [0.15, 0.2) is 91.1 Å². The fourth-order valence-corrected chi connectivity index (χ4v) is 5.98. The largest absolute Gasteiger partial charge is 0.255 e. The first-order valence-corrected chi connectivity index (χ1v) is 10.6. The Labute approximate surface area is 170 Å². The van der Waals surface area contributed by atoms with E-state index < -0.39 is 0 Å². The molecule has 0 saturated heterocycles. The summed E-state index contributed by atoms with van der Waals surface area (Å²) in [7, 11) is 0. The first kappa shape index (κ1) is 15.4. The Balaban J connectivity index is 1.77. The Bertz CT molecular complexity index is 1760. The van der Waals surface area contributed by atoms with Crippen molar-refractivity contribution in [2.24, 2.45) is 0 Å². The number of nitrogens with zero attached hydrogens (tertiary/aromatic N) is 1. The molecule has 0 fully saturated rings. The molecule has 2 aromatic heterocycles. The van der Waals surface area contributed by atoms with Gasteiger partial charge >= 0.3 is 0 Å². The highest BCUT2D eigenvalue weighted by Crippen LogP contribution is 2.43. The summed E-state index contributed by atoms with van der Waals surface area (Å²) in [5.74, 6) is 0. The molecule has 0 saturated carbocycles. The Kier molecular flexibility index (Phi) is 2.94. The van der Waals surface area contributed by atoms with Crippen LogP contribution in [0.1, 0.15) is 0 Å². The molecule has 0 spiro atoms. The molecule has 0 radical (unpaired) electrons. The van der Waals surface area contributed by atoms with Gasteiger partial charge in [0, 0.05) is 27.1 Å². The summed E-state index contributed by atoms with van der Waals surface area (Å²) in [6, 6.07) is 30.7. The van der Waals surface area contributed by atoms with Crippen LogP contribution < -0.4 is 0 Å². The van der Waals surface area contributed by atoms with Crippen LogP contribution in [-0.2, 0) is 0 Å². The van der Waals surface area contributed by atoms with Crippen molar-refractivity contribution in [1.29, 1.82) is 0 Å². The summed E-state index contributed by atoms with van der Waals surface area (Å²) in [5, 5.41) is 11.7. The van der Waals surface area contributed by atoms with Crippen molar-refractivity contribution in [3.05, 3.63) is 91.1 Å². The number of benzene rings is 5. The fraction of sp³-hybridized carbons (Fsp3) is 0. The van der Waals surface area contributed by atoms with Gasteiger partial charge in [-0.15, -0.1) is 11.3 Å². The number of thiophene rings is 1. The van der Waals surface area contributed by atoms with E-state index >= 15 is 0 Å². The smallest absolute Gasteiger partial charge is 0.0715 e. The lowest BCUT2D eigenvalue weighted by Gasteiger charge is -2.08. The highest BCUT2D eigenvalue weighted by atomic mass is 32.1. The maximum Gasteiger partial charge on any atom is 0.0715 e. The van der Waals surface area contributed by atoms with Gasteiger partial charge in [0.15, 0.2) is 0 Å². The SMILES string of the molecule is c1ccc2c(c1)ccc1c2ccc2ncc3sc4c5ccccc5ccc4c3c21. The molecule has 0 amide bonds. The van der Waals surface area contributed by atoms with Crippen LogP contribution in [-0.4, -0.2) is 4.98 Å². The van der Waals surface area contributed by atoms with Gasteiger partial charge in [0.2, 0.25) is 0 Å². The zero-order valence-electron chi connectivity index (χ0n) is 15.5. The van der Waals surface area contributed by atoms with Crippen LogP contribution in [0, 0.1) is 0 Å². The van der Waals surface area contributed by atoms with Crippen molar-refractivity contribution in [2.45, 2.75) is 0 Å². The Morgan fingerprint density at radius 2 is 1.21 bits per heavy atom. The van der Waals surface area contributed by atoms with E-state index in [0.717, 1.165) is 5.52 Å². The van der Waals surface area contributed by atoms with Gasteiger partial charge in [0.25, 0.3) is 0 Å². The van der Waals surface area contributed by atoms with Gasteiger partial charge in [-0.05, 0) is 38.4 Å². The van der Waals surface area contributed by atoms with E-state index in [0.29, 0.717) is 0 Å². The molecule has 0 atom stereocenters.